The number of methoxy groups -OCH3 is 2. The van der Waals surface area contributed by atoms with E-state index in [1.165, 1.54) is 62.8 Å². The molecule has 11 nitrogen and oxygen atoms in total. The molecule has 0 bridgehead atoms. The smallest absolute Gasteiger partial charge is 0.276 e. The van der Waals surface area contributed by atoms with Crippen LogP contribution in [0.25, 0.3) is 0 Å². The molecule has 0 radical (unpaired) electrons. The van der Waals surface area contributed by atoms with E-state index < -0.39 is 20.0 Å². The Morgan fingerprint density at radius 3 is 1.36 bits per heavy atom. The highest BCUT2D eigenvalue weighted by molar-refractivity contribution is 7.89. The van der Waals surface area contributed by atoms with Crippen molar-refractivity contribution in [1.82, 2.24) is 14.6 Å². The van der Waals surface area contributed by atoms with E-state index in [-0.39, 0.29) is 9.79 Å². The first-order valence-corrected chi connectivity index (χ1v) is 13.4. The van der Waals surface area contributed by atoms with Crippen molar-refractivity contribution in [3.63, 3.8) is 0 Å². The molecule has 36 heavy (non-hydrogen) atoms. The molecule has 1 aromatic heterocycles. The number of rotatable bonds is 10. The molecule has 190 valence electrons. The monoisotopic (exact) mass is 531 g/mol. The lowest BCUT2D eigenvalue weighted by Crippen LogP contribution is -2.21. The fourth-order valence-electron chi connectivity index (χ4n) is 2.82. The second-order valence-electron chi connectivity index (χ2n) is 7.34. The third-order valence-corrected chi connectivity index (χ3v) is 7.35. The number of nitrogens with one attached hydrogen (secondary N) is 2. The van der Waals surface area contributed by atoms with E-state index in [9.17, 15) is 16.8 Å². The van der Waals surface area contributed by atoms with Crippen LogP contribution in [0, 0.1) is 0 Å². The minimum absolute atomic E-state index is 0.0219. The number of hydrogen-bond acceptors (Lipinski definition) is 9. The summed E-state index contributed by atoms with van der Waals surface area (Å²) in [6.07, 6.45) is 0. The van der Waals surface area contributed by atoms with Gasteiger partial charge in [-0.05, 0) is 74.5 Å². The zero-order chi connectivity index (χ0) is 26.3. The quantitative estimate of drug-likeness (QED) is 0.302. The van der Waals surface area contributed by atoms with Crippen LogP contribution in [0.2, 0.25) is 0 Å². The van der Waals surface area contributed by atoms with Gasteiger partial charge in [-0.15, -0.1) is 0 Å². The largest absolute Gasteiger partial charge is 0.497 e. The van der Waals surface area contributed by atoms with Gasteiger partial charge in [-0.2, -0.15) is 36.7 Å². The molecule has 3 rings (SSSR count). The maximum Gasteiger partial charge on any atom is 0.276 e. The molecule has 0 atom stereocenters. The van der Waals surface area contributed by atoms with Crippen LogP contribution < -0.4 is 19.1 Å². The molecule has 0 saturated heterocycles. The molecular formula is C23H25N5O6S2. The summed E-state index contributed by atoms with van der Waals surface area (Å²) in [5.41, 5.74) is 1.33. The number of benzene rings is 2. The third kappa shape index (κ3) is 6.58. The van der Waals surface area contributed by atoms with Gasteiger partial charge in [0.25, 0.3) is 20.0 Å². The lowest BCUT2D eigenvalue weighted by molar-refractivity contribution is 0.414. The molecule has 0 unspecified atom stereocenters. The fourth-order valence-corrected chi connectivity index (χ4v) is 4.54. The first-order valence-electron chi connectivity index (χ1n) is 10.4. The van der Waals surface area contributed by atoms with Crippen molar-refractivity contribution >= 4 is 31.5 Å². The van der Waals surface area contributed by atoms with Crippen LogP contribution in [0.3, 0.4) is 0 Å². The molecule has 0 saturated carbocycles. The number of pyridine rings is 1. The lowest BCUT2D eigenvalue weighted by atomic mass is 10.2. The van der Waals surface area contributed by atoms with Gasteiger partial charge in [0, 0.05) is 0 Å². The number of hydrogen-bond donors (Lipinski definition) is 2. The van der Waals surface area contributed by atoms with Crippen LogP contribution in [0.5, 0.6) is 11.5 Å². The van der Waals surface area contributed by atoms with Crippen molar-refractivity contribution in [3.8, 4) is 11.5 Å². The van der Waals surface area contributed by atoms with E-state index in [4.69, 9.17) is 9.47 Å². The second kappa shape index (κ2) is 11.2. The predicted molar refractivity (Wildman–Crippen MR) is 135 cm³/mol. The maximum absolute atomic E-state index is 12.5. The Kier molecular flexibility index (Phi) is 8.27. The average Bonchev–Trinajstić information content (AvgIpc) is 2.90. The number of hydrazone groups is 2. The molecule has 0 fully saturated rings. The number of nitrogens with zero attached hydrogens (tertiary/aromatic N) is 3. The minimum atomic E-state index is -3.90. The average molecular weight is 532 g/mol. The van der Waals surface area contributed by atoms with E-state index >= 15 is 0 Å². The lowest BCUT2D eigenvalue weighted by Gasteiger charge is -2.08. The second-order valence-corrected chi connectivity index (χ2v) is 10.7. The Bertz CT molecular complexity index is 1370. The summed E-state index contributed by atoms with van der Waals surface area (Å²) in [6.45, 7) is 3.17. The molecule has 0 aliphatic heterocycles. The Balaban J connectivity index is 1.74. The van der Waals surface area contributed by atoms with Gasteiger partial charge in [0.1, 0.15) is 11.5 Å². The number of ether oxygens (including phenoxy) is 2. The molecule has 3 aromatic rings. The molecule has 0 aliphatic rings. The standard InChI is InChI=1S/C23H25N5O6S2/c1-16(25-27-35(29,30)20-12-8-18(33-3)9-13-20)22-6-5-7-23(24-22)17(2)26-28-36(31,32)21-14-10-19(34-4)11-15-21/h5-15,27-28H,1-4H3/b25-16+,26-17+. The summed E-state index contributed by atoms with van der Waals surface area (Å²) >= 11 is 0. The van der Waals surface area contributed by atoms with Crippen LogP contribution in [0.4, 0.5) is 0 Å². The number of aromatic nitrogens is 1. The summed E-state index contributed by atoms with van der Waals surface area (Å²) in [6, 6.07) is 16.7. The summed E-state index contributed by atoms with van der Waals surface area (Å²) in [5.74, 6) is 1.05. The molecule has 2 aromatic carbocycles. The SMILES string of the molecule is COc1ccc(S(=O)(=O)N/N=C(\C)c2cccc(/C(C)=N/NS(=O)(=O)c3ccc(OC)cc3)n2)cc1. The first-order chi connectivity index (χ1) is 17.1. The van der Waals surface area contributed by atoms with Gasteiger partial charge in [-0.25, -0.2) is 4.98 Å². The van der Waals surface area contributed by atoms with E-state index in [0.717, 1.165) is 0 Å². The summed E-state index contributed by atoms with van der Waals surface area (Å²) in [7, 11) is -4.83. The van der Waals surface area contributed by atoms with Crippen LogP contribution in [-0.4, -0.2) is 47.5 Å². The van der Waals surface area contributed by atoms with Crippen LogP contribution >= 0.6 is 0 Å². The fraction of sp³-hybridized carbons (Fsp3) is 0.174. The molecular weight excluding hydrogens is 506 g/mol. The van der Waals surface area contributed by atoms with Gasteiger partial charge < -0.3 is 9.47 Å². The number of sulfonamides is 2. The maximum atomic E-state index is 12.5. The van der Waals surface area contributed by atoms with E-state index in [2.05, 4.69) is 24.8 Å². The van der Waals surface area contributed by atoms with Crippen LogP contribution in [0.1, 0.15) is 25.2 Å². The summed E-state index contributed by atoms with van der Waals surface area (Å²) < 4.78 is 60.1. The van der Waals surface area contributed by atoms with Crippen molar-refractivity contribution in [2.75, 3.05) is 14.2 Å². The molecule has 0 amide bonds. The Morgan fingerprint density at radius 2 is 1.03 bits per heavy atom. The highest BCUT2D eigenvalue weighted by Crippen LogP contribution is 2.16. The first kappa shape index (κ1) is 26.6. The molecule has 2 N–H and O–H groups in total. The molecule has 13 heteroatoms. The highest BCUT2D eigenvalue weighted by Gasteiger charge is 2.15. The predicted octanol–water partition coefficient (Wildman–Crippen LogP) is 2.50. The van der Waals surface area contributed by atoms with Crippen molar-refractivity contribution in [3.05, 3.63) is 78.1 Å². The molecule has 1 heterocycles. The van der Waals surface area contributed by atoms with Gasteiger partial charge >= 0.3 is 0 Å². The van der Waals surface area contributed by atoms with E-state index in [0.29, 0.717) is 34.3 Å². The summed E-state index contributed by atoms with van der Waals surface area (Å²) in [5, 5.41) is 7.90. The van der Waals surface area contributed by atoms with Crippen molar-refractivity contribution in [2.24, 2.45) is 10.2 Å². The Labute approximate surface area is 210 Å². The zero-order valence-corrected chi connectivity index (χ0v) is 21.6. The van der Waals surface area contributed by atoms with Gasteiger partial charge in [-0.3, -0.25) is 0 Å². The van der Waals surface area contributed by atoms with Crippen molar-refractivity contribution < 1.29 is 26.3 Å². The summed E-state index contributed by atoms with van der Waals surface area (Å²) in [4.78, 5) is 8.80. The Morgan fingerprint density at radius 1 is 0.667 bits per heavy atom. The Hall–Kier alpha value is -3.97. The third-order valence-electron chi connectivity index (χ3n) is 4.90. The molecule has 0 aliphatic carbocycles. The van der Waals surface area contributed by atoms with Gasteiger partial charge in [0.2, 0.25) is 0 Å². The van der Waals surface area contributed by atoms with Gasteiger partial charge in [-0.1, -0.05) is 6.07 Å². The highest BCUT2D eigenvalue weighted by atomic mass is 32.2. The van der Waals surface area contributed by atoms with Crippen LogP contribution in [-0.2, 0) is 20.0 Å². The van der Waals surface area contributed by atoms with Crippen molar-refractivity contribution in [1.29, 1.82) is 0 Å². The van der Waals surface area contributed by atoms with Gasteiger partial charge in [0.15, 0.2) is 0 Å². The van der Waals surface area contributed by atoms with Crippen molar-refractivity contribution in [2.45, 2.75) is 23.6 Å². The minimum Gasteiger partial charge on any atom is -0.497 e. The molecule has 0 spiro atoms. The zero-order valence-electron chi connectivity index (χ0n) is 20.0. The van der Waals surface area contributed by atoms with Crippen LogP contribution in [0.15, 0.2) is 86.7 Å². The van der Waals surface area contributed by atoms with E-state index in [1.807, 2.05) is 0 Å². The normalized spacial score (nSPS) is 12.7. The topological polar surface area (TPSA) is 148 Å². The van der Waals surface area contributed by atoms with E-state index in [1.54, 1.807) is 32.0 Å². The van der Waals surface area contributed by atoms with Gasteiger partial charge in [0.05, 0.1) is 46.8 Å².